The van der Waals surface area contributed by atoms with Crippen molar-refractivity contribution < 1.29 is 18.9 Å². The molecule has 0 fully saturated rings. The third kappa shape index (κ3) is 1.51. The van der Waals surface area contributed by atoms with Gasteiger partial charge in [-0.15, -0.1) is 0 Å². The van der Waals surface area contributed by atoms with Crippen LogP contribution in [0.15, 0.2) is 40.9 Å². The van der Waals surface area contributed by atoms with Gasteiger partial charge in [-0.3, -0.25) is 0 Å². The molecular weight excluding hydrogens is 236 g/mol. The number of para-hydroxylation sites is 1. The molecule has 6 nitrogen and oxygen atoms in total. The van der Waals surface area contributed by atoms with Gasteiger partial charge < -0.3 is 9.52 Å². The maximum absolute atomic E-state index is 11.4. The summed E-state index contributed by atoms with van der Waals surface area (Å²) in [5.41, 5.74) is 0.563. The molecule has 0 aliphatic rings. The molecule has 0 atom stereocenters. The molecular formula is C12H7N2O4+. The fraction of sp³-hybridized carbons (Fsp3) is 0. The summed E-state index contributed by atoms with van der Waals surface area (Å²) in [5.74, 6) is -1.26. The normalized spacial score (nSPS) is 10.9. The molecule has 0 aliphatic heterocycles. The van der Waals surface area contributed by atoms with Crippen molar-refractivity contribution in [1.29, 1.82) is 0 Å². The summed E-state index contributed by atoms with van der Waals surface area (Å²) in [6.45, 7) is 0. The van der Waals surface area contributed by atoms with Crippen LogP contribution >= 0.6 is 0 Å². The van der Waals surface area contributed by atoms with E-state index in [1.54, 1.807) is 18.2 Å². The van der Waals surface area contributed by atoms with Crippen LogP contribution in [-0.4, -0.2) is 16.2 Å². The lowest BCUT2D eigenvalue weighted by molar-refractivity contribution is -0.562. The van der Waals surface area contributed by atoms with Crippen LogP contribution in [0, 0.1) is 4.91 Å². The molecule has 0 saturated carbocycles. The van der Waals surface area contributed by atoms with Crippen LogP contribution in [0.5, 0.6) is 0 Å². The number of fused-ring (bicyclic) bond motifs is 3. The third-order valence-corrected chi connectivity index (χ3v) is 2.60. The van der Waals surface area contributed by atoms with Gasteiger partial charge in [0.2, 0.25) is 11.3 Å². The van der Waals surface area contributed by atoms with Gasteiger partial charge in [0.25, 0.3) is 0 Å². The fourth-order valence-electron chi connectivity index (χ4n) is 1.83. The number of carboxylic acids is 1. The lowest BCUT2D eigenvalue weighted by Crippen LogP contribution is -2.19. The van der Waals surface area contributed by atoms with Crippen LogP contribution < -0.4 is 4.54 Å². The van der Waals surface area contributed by atoms with E-state index in [1.165, 1.54) is 6.07 Å². The molecule has 0 amide bonds. The third-order valence-electron chi connectivity index (χ3n) is 2.60. The summed E-state index contributed by atoms with van der Waals surface area (Å²) in [6.07, 6.45) is 1.11. The van der Waals surface area contributed by atoms with Gasteiger partial charge in [-0.1, -0.05) is 18.2 Å². The summed E-state index contributed by atoms with van der Waals surface area (Å²) in [4.78, 5) is 22.3. The quantitative estimate of drug-likeness (QED) is 0.656. The predicted molar refractivity (Wildman–Crippen MR) is 61.8 cm³/mol. The van der Waals surface area contributed by atoms with Gasteiger partial charge in [0, 0.05) is 10.8 Å². The van der Waals surface area contributed by atoms with Crippen LogP contribution in [0.4, 0.5) is 0 Å². The summed E-state index contributed by atoms with van der Waals surface area (Å²) < 4.78 is 5.66. The zero-order chi connectivity index (χ0) is 12.7. The average Bonchev–Trinajstić information content (AvgIpc) is 2.57. The van der Waals surface area contributed by atoms with Gasteiger partial charge in [0.1, 0.15) is 5.58 Å². The first-order valence-electron chi connectivity index (χ1n) is 5.14. The number of nitrogens with zero attached hydrogens (tertiary/aromatic N) is 2. The summed E-state index contributed by atoms with van der Waals surface area (Å²) in [7, 11) is 0. The molecule has 6 heteroatoms. The predicted octanol–water partition coefficient (Wildman–Crippen LogP) is 1.59. The highest BCUT2D eigenvalue weighted by Gasteiger charge is 2.15. The fourth-order valence-corrected chi connectivity index (χ4v) is 1.83. The van der Waals surface area contributed by atoms with E-state index >= 15 is 0 Å². The van der Waals surface area contributed by atoms with Gasteiger partial charge in [0.05, 0.1) is 10.0 Å². The van der Waals surface area contributed by atoms with Crippen molar-refractivity contribution in [2.75, 3.05) is 0 Å². The van der Waals surface area contributed by atoms with Crippen LogP contribution in [0.3, 0.4) is 0 Å². The number of furan rings is 1. The van der Waals surface area contributed by atoms with Crippen molar-refractivity contribution in [2.24, 2.45) is 0 Å². The smallest absolute Gasteiger partial charge is 0.360 e. The van der Waals surface area contributed by atoms with Gasteiger partial charge in [-0.25, -0.2) is 4.79 Å². The number of carboxylic acid groups (broad SMARTS) is 1. The summed E-state index contributed by atoms with van der Waals surface area (Å²) >= 11 is 0. The van der Waals surface area contributed by atoms with E-state index in [2.05, 4.69) is 5.10 Å². The molecule has 0 radical (unpaired) electrons. The Labute approximate surface area is 99.7 Å². The van der Waals surface area contributed by atoms with E-state index in [0.29, 0.717) is 16.6 Å². The maximum Gasteiger partial charge on any atom is 0.360 e. The zero-order valence-corrected chi connectivity index (χ0v) is 9.03. The lowest BCUT2D eigenvalue weighted by Gasteiger charge is -1.85. The van der Waals surface area contributed by atoms with E-state index in [9.17, 15) is 9.70 Å². The number of hydrogen-bond acceptors (Lipinski definition) is 4. The van der Waals surface area contributed by atoms with Crippen molar-refractivity contribution in [3.05, 3.63) is 47.1 Å². The van der Waals surface area contributed by atoms with Crippen LogP contribution in [0.1, 0.15) is 10.5 Å². The second-order valence-corrected chi connectivity index (χ2v) is 3.74. The Bertz CT molecular complexity index is 838. The molecule has 0 saturated heterocycles. The van der Waals surface area contributed by atoms with E-state index in [4.69, 9.17) is 9.52 Å². The Balaban J connectivity index is 2.56. The molecule has 0 bridgehead atoms. The van der Waals surface area contributed by atoms with E-state index in [0.717, 1.165) is 11.6 Å². The van der Waals surface area contributed by atoms with Gasteiger partial charge in [-0.2, -0.15) is 0 Å². The molecule has 3 aromatic rings. The van der Waals surface area contributed by atoms with E-state index in [-0.39, 0.29) is 10.2 Å². The highest BCUT2D eigenvalue weighted by atomic mass is 16.4. The van der Waals surface area contributed by atoms with Crippen molar-refractivity contribution in [1.82, 2.24) is 5.10 Å². The van der Waals surface area contributed by atoms with Crippen molar-refractivity contribution >= 4 is 27.9 Å². The zero-order valence-electron chi connectivity index (χ0n) is 9.03. The van der Waals surface area contributed by atoms with Crippen molar-refractivity contribution in [3.8, 4) is 0 Å². The number of benzene rings is 1. The highest BCUT2D eigenvalue weighted by Crippen LogP contribution is 2.26. The minimum absolute atomic E-state index is 0.189. The topological polar surface area (TPSA) is 86.3 Å². The highest BCUT2D eigenvalue weighted by molar-refractivity contribution is 6.05. The first kappa shape index (κ1) is 10.4. The largest absolute Gasteiger partial charge is 0.476 e. The summed E-state index contributed by atoms with van der Waals surface area (Å²) in [5, 5.41) is 13.6. The lowest BCUT2D eigenvalue weighted by atomic mass is 10.2. The molecule has 0 unspecified atom stereocenters. The maximum atomic E-state index is 11.4. The second kappa shape index (κ2) is 3.63. The van der Waals surface area contributed by atoms with Crippen molar-refractivity contribution in [3.63, 3.8) is 0 Å². The van der Waals surface area contributed by atoms with Gasteiger partial charge >= 0.3 is 12.2 Å². The molecule has 3 rings (SSSR count). The second-order valence-electron chi connectivity index (χ2n) is 3.74. The first-order chi connectivity index (χ1) is 8.65. The molecule has 2 heterocycles. The Morgan fingerprint density at radius 2 is 2.00 bits per heavy atom. The average molecular weight is 243 g/mol. The van der Waals surface area contributed by atoms with Crippen molar-refractivity contribution in [2.45, 2.75) is 0 Å². The monoisotopic (exact) mass is 243 g/mol. The number of carbonyl (C=O) groups is 1. The van der Waals surface area contributed by atoms with Crippen LogP contribution in [-0.2, 0) is 0 Å². The van der Waals surface area contributed by atoms with E-state index in [1.807, 2.05) is 6.07 Å². The Morgan fingerprint density at radius 1 is 1.22 bits per heavy atom. The number of aromatic carboxylic acids is 1. The van der Waals surface area contributed by atoms with E-state index < -0.39 is 5.97 Å². The first-order valence-corrected chi connectivity index (χ1v) is 5.14. The minimum Gasteiger partial charge on any atom is -0.476 e. The minimum atomic E-state index is -1.26. The number of aromatic nitrogens is 2. The molecule has 88 valence electrons. The molecule has 2 aromatic heterocycles. The van der Waals surface area contributed by atoms with Gasteiger partial charge in [0.15, 0.2) is 4.54 Å². The van der Waals surface area contributed by atoms with Gasteiger partial charge in [-0.05, 0) is 12.1 Å². The Hall–Kier alpha value is -2.76. The summed E-state index contributed by atoms with van der Waals surface area (Å²) in [6, 6.07) is 8.48. The molecule has 18 heavy (non-hydrogen) atoms. The Kier molecular flexibility index (Phi) is 2.09. The molecule has 1 aromatic carbocycles. The SMILES string of the molecule is O=C(O)c1cc2c(c[n+](=O)n1)oc1ccccc12. The van der Waals surface area contributed by atoms with Crippen LogP contribution in [0.2, 0.25) is 0 Å². The number of rotatable bonds is 1. The molecule has 1 N–H and O–H groups in total. The van der Waals surface area contributed by atoms with Crippen LogP contribution in [0.25, 0.3) is 21.9 Å². The number of hydrogen-bond donors (Lipinski definition) is 1. The Morgan fingerprint density at radius 3 is 2.78 bits per heavy atom. The molecule has 0 aliphatic carbocycles. The standard InChI is InChI=1S/C12H6N2O4/c15-12(16)9-5-8-7-3-1-2-4-10(7)18-11(8)6-14(17)13-9/h1-6H/p+1. The molecule has 0 spiro atoms.